The Hall–Kier alpha value is -2.33. The van der Waals surface area contributed by atoms with E-state index < -0.39 is 0 Å². The number of nitrogens with one attached hydrogen (secondary N) is 1. The maximum Gasteiger partial charge on any atom is 0.228 e. The third-order valence-corrected chi connectivity index (χ3v) is 3.30. The van der Waals surface area contributed by atoms with Crippen molar-refractivity contribution in [3.05, 3.63) is 54.6 Å². The Bertz CT molecular complexity index is 579. The summed E-state index contributed by atoms with van der Waals surface area (Å²) < 4.78 is 5.69. The van der Waals surface area contributed by atoms with E-state index in [0.717, 1.165) is 17.2 Å². The van der Waals surface area contributed by atoms with Crippen LogP contribution in [-0.4, -0.2) is 11.9 Å². The number of ether oxygens (including phenoxy) is 1. The van der Waals surface area contributed by atoms with Gasteiger partial charge in [-0.05, 0) is 43.3 Å². The highest BCUT2D eigenvalue weighted by Gasteiger charge is 2.16. The lowest BCUT2D eigenvalue weighted by molar-refractivity contribution is -0.119. The van der Waals surface area contributed by atoms with Gasteiger partial charge < -0.3 is 15.8 Å². The molecule has 4 nitrogen and oxygen atoms in total. The summed E-state index contributed by atoms with van der Waals surface area (Å²) in [4.78, 5) is 11.9. The van der Waals surface area contributed by atoms with Crippen molar-refractivity contribution in [3.63, 3.8) is 0 Å². The Labute approximate surface area is 124 Å². The fourth-order valence-corrected chi connectivity index (χ4v) is 1.73. The maximum absolute atomic E-state index is 11.9. The van der Waals surface area contributed by atoms with E-state index >= 15 is 0 Å². The molecule has 2 aromatic carbocycles. The second kappa shape index (κ2) is 6.90. The third-order valence-electron chi connectivity index (χ3n) is 3.30. The highest BCUT2D eigenvalue weighted by molar-refractivity contribution is 5.92. The summed E-state index contributed by atoms with van der Waals surface area (Å²) in [6, 6.07) is 16.6. The van der Waals surface area contributed by atoms with Gasteiger partial charge in [-0.15, -0.1) is 0 Å². The molecule has 110 valence electrons. The predicted molar refractivity (Wildman–Crippen MR) is 84.4 cm³/mol. The van der Waals surface area contributed by atoms with Gasteiger partial charge in [0.05, 0.1) is 5.92 Å². The molecule has 0 heterocycles. The van der Waals surface area contributed by atoms with Crippen LogP contribution in [0.3, 0.4) is 0 Å². The quantitative estimate of drug-likeness (QED) is 0.884. The van der Waals surface area contributed by atoms with Crippen LogP contribution in [0.4, 0.5) is 5.69 Å². The topological polar surface area (TPSA) is 64.4 Å². The van der Waals surface area contributed by atoms with E-state index in [2.05, 4.69) is 5.32 Å². The number of nitrogens with two attached hydrogens (primary N) is 1. The first kappa shape index (κ1) is 15.1. The van der Waals surface area contributed by atoms with Gasteiger partial charge in [0.2, 0.25) is 5.91 Å². The van der Waals surface area contributed by atoms with Gasteiger partial charge in [-0.25, -0.2) is 0 Å². The molecule has 1 amide bonds. The number of rotatable bonds is 5. The van der Waals surface area contributed by atoms with Gasteiger partial charge in [0.25, 0.3) is 0 Å². The molecule has 0 aliphatic heterocycles. The van der Waals surface area contributed by atoms with E-state index in [9.17, 15) is 4.79 Å². The Morgan fingerprint density at radius 1 is 1.00 bits per heavy atom. The molecular formula is C17H20N2O2. The molecule has 0 aliphatic carbocycles. The lowest BCUT2D eigenvalue weighted by Crippen LogP contribution is -2.34. The van der Waals surface area contributed by atoms with Crippen molar-refractivity contribution in [1.29, 1.82) is 0 Å². The molecule has 2 aromatic rings. The second-order valence-electron chi connectivity index (χ2n) is 5.08. The van der Waals surface area contributed by atoms with E-state index in [1.807, 2.05) is 68.4 Å². The number of carbonyl (C=O) groups excluding carboxylic acids is 1. The summed E-state index contributed by atoms with van der Waals surface area (Å²) in [5.41, 5.74) is 6.45. The molecule has 0 aliphatic rings. The third kappa shape index (κ3) is 4.33. The van der Waals surface area contributed by atoms with Crippen molar-refractivity contribution in [1.82, 2.24) is 0 Å². The van der Waals surface area contributed by atoms with Crippen LogP contribution >= 0.6 is 0 Å². The van der Waals surface area contributed by atoms with Crippen molar-refractivity contribution in [2.24, 2.45) is 11.7 Å². The molecule has 0 radical (unpaired) electrons. The predicted octanol–water partition coefficient (Wildman–Crippen LogP) is 3.40. The first-order chi connectivity index (χ1) is 10.1. The molecular weight excluding hydrogens is 264 g/mol. The summed E-state index contributed by atoms with van der Waals surface area (Å²) in [5.74, 6) is 1.19. The first-order valence-electron chi connectivity index (χ1n) is 6.95. The fourth-order valence-electron chi connectivity index (χ4n) is 1.73. The van der Waals surface area contributed by atoms with Gasteiger partial charge in [0.15, 0.2) is 0 Å². The molecule has 3 N–H and O–H groups in total. The number of benzene rings is 2. The number of amides is 1. The van der Waals surface area contributed by atoms with Crippen LogP contribution in [0, 0.1) is 5.92 Å². The Morgan fingerprint density at radius 3 is 2.14 bits per heavy atom. The SMILES string of the molecule is CC(N)C(C)C(=O)Nc1ccc(Oc2ccccc2)cc1. The lowest BCUT2D eigenvalue weighted by atomic mass is 10.0. The molecule has 0 saturated heterocycles. The Balaban J connectivity index is 1.98. The summed E-state index contributed by atoms with van der Waals surface area (Å²) >= 11 is 0. The van der Waals surface area contributed by atoms with E-state index in [4.69, 9.17) is 10.5 Å². The van der Waals surface area contributed by atoms with Crippen LogP contribution in [-0.2, 0) is 4.79 Å². The normalized spacial score (nSPS) is 13.3. The molecule has 4 heteroatoms. The van der Waals surface area contributed by atoms with Crippen LogP contribution in [0.1, 0.15) is 13.8 Å². The molecule has 0 saturated carbocycles. The van der Waals surface area contributed by atoms with Crippen molar-refractivity contribution < 1.29 is 9.53 Å². The summed E-state index contributed by atoms with van der Waals surface area (Å²) in [6.45, 7) is 3.63. The number of carbonyl (C=O) groups is 1. The minimum Gasteiger partial charge on any atom is -0.457 e. The smallest absolute Gasteiger partial charge is 0.228 e. The summed E-state index contributed by atoms with van der Waals surface area (Å²) in [6.07, 6.45) is 0. The highest BCUT2D eigenvalue weighted by Crippen LogP contribution is 2.22. The van der Waals surface area contributed by atoms with Crippen molar-refractivity contribution in [2.75, 3.05) is 5.32 Å². The van der Waals surface area contributed by atoms with Crippen LogP contribution in [0.25, 0.3) is 0 Å². The number of hydrogen-bond acceptors (Lipinski definition) is 3. The number of anilines is 1. The first-order valence-corrected chi connectivity index (χ1v) is 6.95. The summed E-state index contributed by atoms with van der Waals surface area (Å²) in [7, 11) is 0. The molecule has 0 spiro atoms. The molecule has 0 bridgehead atoms. The largest absolute Gasteiger partial charge is 0.457 e. The van der Waals surface area contributed by atoms with Gasteiger partial charge in [-0.2, -0.15) is 0 Å². The maximum atomic E-state index is 11.9. The van der Waals surface area contributed by atoms with Gasteiger partial charge in [-0.3, -0.25) is 4.79 Å². The average molecular weight is 284 g/mol. The fraction of sp³-hybridized carbons (Fsp3) is 0.235. The Morgan fingerprint density at radius 2 is 1.57 bits per heavy atom. The number of hydrogen-bond donors (Lipinski definition) is 2. The molecule has 2 rings (SSSR count). The van der Waals surface area contributed by atoms with Gasteiger partial charge in [0, 0.05) is 11.7 Å². The van der Waals surface area contributed by atoms with Crippen molar-refractivity contribution in [3.8, 4) is 11.5 Å². The van der Waals surface area contributed by atoms with E-state index in [1.165, 1.54) is 0 Å². The minimum absolute atomic E-state index is 0.0817. The van der Waals surface area contributed by atoms with E-state index in [-0.39, 0.29) is 17.9 Å². The van der Waals surface area contributed by atoms with Crippen LogP contribution in [0.5, 0.6) is 11.5 Å². The van der Waals surface area contributed by atoms with E-state index in [1.54, 1.807) is 0 Å². The zero-order valence-electron chi connectivity index (χ0n) is 12.2. The summed E-state index contributed by atoms with van der Waals surface area (Å²) in [5, 5.41) is 2.84. The van der Waals surface area contributed by atoms with E-state index in [0.29, 0.717) is 0 Å². The van der Waals surface area contributed by atoms with Crippen molar-refractivity contribution in [2.45, 2.75) is 19.9 Å². The van der Waals surface area contributed by atoms with Crippen molar-refractivity contribution >= 4 is 11.6 Å². The van der Waals surface area contributed by atoms with Crippen LogP contribution in [0.15, 0.2) is 54.6 Å². The van der Waals surface area contributed by atoms with Gasteiger partial charge >= 0.3 is 0 Å². The highest BCUT2D eigenvalue weighted by atomic mass is 16.5. The van der Waals surface area contributed by atoms with Gasteiger partial charge in [0.1, 0.15) is 11.5 Å². The molecule has 2 unspecified atom stereocenters. The second-order valence-corrected chi connectivity index (χ2v) is 5.08. The molecule has 2 atom stereocenters. The van der Waals surface area contributed by atoms with Crippen LogP contribution < -0.4 is 15.8 Å². The average Bonchev–Trinajstić information content (AvgIpc) is 2.49. The zero-order chi connectivity index (χ0) is 15.2. The Kier molecular flexibility index (Phi) is 4.95. The monoisotopic (exact) mass is 284 g/mol. The van der Waals surface area contributed by atoms with Gasteiger partial charge in [-0.1, -0.05) is 25.1 Å². The zero-order valence-corrected chi connectivity index (χ0v) is 12.2. The lowest BCUT2D eigenvalue weighted by Gasteiger charge is -2.15. The molecule has 21 heavy (non-hydrogen) atoms. The molecule has 0 aromatic heterocycles. The van der Waals surface area contributed by atoms with Crippen LogP contribution in [0.2, 0.25) is 0 Å². The molecule has 0 fully saturated rings. The minimum atomic E-state index is -0.231. The number of para-hydroxylation sites is 1. The standard InChI is InChI=1S/C17H20N2O2/c1-12(13(2)18)17(20)19-14-8-10-16(11-9-14)21-15-6-4-3-5-7-15/h3-13H,18H2,1-2H3,(H,19,20).